The van der Waals surface area contributed by atoms with Crippen molar-refractivity contribution in [1.82, 2.24) is 0 Å². The van der Waals surface area contributed by atoms with E-state index in [2.05, 4.69) is 16.8 Å². The van der Waals surface area contributed by atoms with Gasteiger partial charge in [-0.3, -0.25) is 4.79 Å². The molecule has 1 aromatic heterocycles. The molecule has 28 heavy (non-hydrogen) atoms. The third-order valence-electron chi connectivity index (χ3n) is 4.15. The molecule has 3 rings (SSSR count). The zero-order valence-electron chi connectivity index (χ0n) is 16.0. The lowest BCUT2D eigenvalue weighted by atomic mass is 10.1. The first kappa shape index (κ1) is 20.0. The molecule has 6 heteroatoms. The molecule has 1 amide bonds. The molecule has 146 valence electrons. The molecule has 4 nitrogen and oxygen atoms in total. The predicted molar refractivity (Wildman–Crippen MR) is 110 cm³/mol. The summed E-state index contributed by atoms with van der Waals surface area (Å²) in [6.07, 6.45) is 0. The highest BCUT2D eigenvalue weighted by molar-refractivity contribution is 7.10. The number of carbonyl (C=O) groups is 1. The SMILES string of the molecule is COCc1cc(-c2ccc(NC(=O)C(C)(C)Oc3ccc(F)cc3)cc2)cs1. The van der Waals surface area contributed by atoms with Crippen LogP contribution in [-0.2, 0) is 16.1 Å². The molecule has 0 bridgehead atoms. The van der Waals surface area contributed by atoms with Gasteiger partial charge in [-0.05, 0) is 72.8 Å². The number of hydrogen-bond acceptors (Lipinski definition) is 4. The van der Waals surface area contributed by atoms with E-state index >= 15 is 0 Å². The van der Waals surface area contributed by atoms with Gasteiger partial charge in [-0.2, -0.15) is 0 Å². The van der Waals surface area contributed by atoms with Crippen LogP contribution in [0.15, 0.2) is 60.0 Å². The molecule has 3 aromatic rings. The monoisotopic (exact) mass is 399 g/mol. The van der Waals surface area contributed by atoms with Crippen LogP contribution in [0.5, 0.6) is 5.75 Å². The Bertz CT molecular complexity index is 933. The van der Waals surface area contributed by atoms with Gasteiger partial charge in [-0.15, -0.1) is 11.3 Å². The van der Waals surface area contributed by atoms with Crippen LogP contribution in [0.2, 0.25) is 0 Å². The molecule has 0 aliphatic heterocycles. The minimum atomic E-state index is -1.11. The third kappa shape index (κ3) is 4.97. The summed E-state index contributed by atoms with van der Waals surface area (Å²) in [5.41, 5.74) is 1.75. The van der Waals surface area contributed by atoms with Crippen LogP contribution in [-0.4, -0.2) is 18.6 Å². The lowest BCUT2D eigenvalue weighted by molar-refractivity contribution is -0.128. The number of halogens is 1. The van der Waals surface area contributed by atoms with Gasteiger partial charge in [0.05, 0.1) is 6.61 Å². The second-order valence-electron chi connectivity index (χ2n) is 6.83. The Labute approximate surface area is 167 Å². The Morgan fingerprint density at radius 3 is 2.39 bits per heavy atom. The fraction of sp³-hybridized carbons (Fsp3) is 0.227. The smallest absolute Gasteiger partial charge is 0.267 e. The number of rotatable bonds is 7. The average Bonchev–Trinajstić information content (AvgIpc) is 3.13. The van der Waals surface area contributed by atoms with Gasteiger partial charge in [0.1, 0.15) is 11.6 Å². The minimum Gasteiger partial charge on any atom is -0.478 e. The topological polar surface area (TPSA) is 47.6 Å². The van der Waals surface area contributed by atoms with Gasteiger partial charge in [-0.1, -0.05) is 12.1 Å². The maximum atomic E-state index is 13.0. The summed E-state index contributed by atoms with van der Waals surface area (Å²) in [4.78, 5) is 13.8. The van der Waals surface area contributed by atoms with Crippen molar-refractivity contribution in [3.05, 3.63) is 70.7 Å². The van der Waals surface area contributed by atoms with Crippen molar-refractivity contribution in [2.24, 2.45) is 0 Å². The zero-order valence-corrected chi connectivity index (χ0v) is 16.8. The Kier molecular flexibility index (Phi) is 6.11. The van der Waals surface area contributed by atoms with E-state index in [1.54, 1.807) is 32.3 Å². The summed E-state index contributed by atoms with van der Waals surface area (Å²) in [5, 5.41) is 4.95. The van der Waals surface area contributed by atoms with Crippen LogP contribution in [0.3, 0.4) is 0 Å². The van der Waals surface area contributed by atoms with Crippen molar-refractivity contribution >= 4 is 22.9 Å². The standard InChI is InChI=1S/C22H22FNO3S/c1-22(2,27-19-10-6-17(23)7-11-19)21(25)24-18-8-4-15(5-9-18)16-12-20(13-26-3)28-14-16/h4-12,14H,13H2,1-3H3,(H,24,25). The quantitative estimate of drug-likeness (QED) is 0.571. The van der Waals surface area contributed by atoms with Crippen LogP contribution < -0.4 is 10.1 Å². The fourth-order valence-corrected chi connectivity index (χ4v) is 3.48. The molecular weight excluding hydrogens is 377 g/mol. The van der Waals surface area contributed by atoms with Gasteiger partial charge in [0.15, 0.2) is 5.60 Å². The van der Waals surface area contributed by atoms with Crippen molar-refractivity contribution in [3.8, 4) is 16.9 Å². The van der Waals surface area contributed by atoms with Crippen LogP contribution in [0.25, 0.3) is 11.1 Å². The molecule has 0 unspecified atom stereocenters. The Balaban J connectivity index is 1.65. The Morgan fingerprint density at radius 1 is 1.07 bits per heavy atom. The van der Waals surface area contributed by atoms with E-state index in [4.69, 9.17) is 9.47 Å². The average molecular weight is 399 g/mol. The van der Waals surface area contributed by atoms with Crippen LogP contribution >= 0.6 is 11.3 Å². The number of nitrogens with one attached hydrogen (secondary N) is 1. The van der Waals surface area contributed by atoms with Crippen molar-refractivity contribution in [2.75, 3.05) is 12.4 Å². The van der Waals surface area contributed by atoms with E-state index in [0.29, 0.717) is 18.0 Å². The molecule has 2 aromatic carbocycles. The lowest BCUT2D eigenvalue weighted by Crippen LogP contribution is -2.42. The van der Waals surface area contributed by atoms with E-state index in [1.165, 1.54) is 24.3 Å². The molecular formula is C22H22FNO3S. The van der Waals surface area contributed by atoms with Crippen molar-refractivity contribution in [2.45, 2.75) is 26.1 Å². The first-order valence-corrected chi connectivity index (χ1v) is 9.68. The molecule has 0 radical (unpaired) electrons. The normalized spacial score (nSPS) is 11.3. The first-order chi connectivity index (χ1) is 13.4. The minimum absolute atomic E-state index is 0.289. The fourth-order valence-electron chi connectivity index (χ4n) is 2.62. The molecule has 1 N–H and O–H groups in total. The van der Waals surface area contributed by atoms with Crippen molar-refractivity contribution < 1.29 is 18.7 Å². The van der Waals surface area contributed by atoms with Gasteiger partial charge >= 0.3 is 0 Å². The first-order valence-electron chi connectivity index (χ1n) is 8.80. The summed E-state index contributed by atoms with van der Waals surface area (Å²) in [5.74, 6) is -0.210. The van der Waals surface area contributed by atoms with Gasteiger partial charge in [0, 0.05) is 17.7 Å². The zero-order chi connectivity index (χ0) is 20.1. The second kappa shape index (κ2) is 8.54. The number of carbonyl (C=O) groups excluding carboxylic acids is 1. The van der Waals surface area contributed by atoms with E-state index in [9.17, 15) is 9.18 Å². The summed E-state index contributed by atoms with van der Waals surface area (Å²) in [7, 11) is 1.68. The highest BCUT2D eigenvalue weighted by atomic mass is 32.1. The molecule has 0 fully saturated rings. The Morgan fingerprint density at radius 2 is 1.75 bits per heavy atom. The van der Waals surface area contributed by atoms with Gasteiger partial charge in [-0.25, -0.2) is 4.39 Å². The van der Waals surface area contributed by atoms with Crippen molar-refractivity contribution in [3.63, 3.8) is 0 Å². The molecule has 1 heterocycles. The maximum absolute atomic E-state index is 13.0. The highest BCUT2D eigenvalue weighted by Gasteiger charge is 2.30. The number of anilines is 1. The molecule has 0 saturated heterocycles. The van der Waals surface area contributed by atoms with Crippen LogP contribution in [0, 0.1) is 5.82 Å². The molecule has 0 aliphatic rings. The van der Waals surface area contributed by atoms with Crippen LogP contribution in [0.4, 0.5) is 10.1 Å². The number of hydrogen-bond donors (Lipinski definition) is 1. The largest absolute Gasteiger partial charge is 0.478 e. The predicted octanol–water partition coefficient (Wildman–Crippen LogP) is 5.50. The van der Waals surface area contributed by atoms with Crippen LogP contribution in [0.1, 0.15) is 18.7 Å². The molecule has 0 saturated carbocycles. The molecule has 0 atom stereocenters. The van der Waals surface area contributed by atoms with Crippen molar-refractivity contribution in [1.29, 1.82) is 0 Å². The van der Waals surface area contributed by atoms with E-state index in [1.807, 2.05) is 24.3 Å². The maximum Gasteiger partial charge on any atom is 0.267 e. The summed E-state index contributed by atoms with van der Waals surface area (Å²) in [6, 6.07) is 15.3. The molecule has 0 aliphatic carbocycles. The third-order valence-corrected chi connectivity index (χ3v) is 5.06. The van der Waals surface area contributed by atoms with Gasteiger partial charge in [0.25, 0.3) is 5.91 Å². The summed E-state index contributed by atoms with van der Waals surface area (Å²) >= 11 is 1.65. The number of methoxy groups -OCH3 is 1. The number of ether oxygens (including phenoxy) is 2. The van der Waals surface area contributed by atoms with E-state index in [0.717, 1.165) is 16.0 Å². The van der Waals surface area contributed by atoms with E-state index < -0.39 is 5.60 Å². The van der Waals surface area contributed by atoms with Gasteiger partial charge in [0.2, 0.25) is 0 Å². The number of benzene rings is 2. The summed E-state index contributed by atoms with van der Waals surface area (Å²) < 4.78 is 23.9. The number of amides is 1. The molecule has 0 spiro atoms. The summed E-state index contributed by atoms with van der Waals surface area (Å²) in [6.45, 7) is 3.94. The highest BCUT2D eigenvalue weighted by Crippen LogP contribution is 2.27. The Hall–Kier alpha value is -2.70. The lowest BCUT2D eigenvalue weighted by Gasteiger charge is -2.25. The number of thiophene rings is 1. The van der Waals surface area contributed by atoms with E-state index in [-0.39, 0.29) is 11.7 Å². The second-order valence-corrected chi connectivity index (χ2v) is 7.83. The van der Waals surface area contributed by atoms with Gasteiger partial charge < -0.3 is 14.8 Å².